The number of aliphatic carboxylic acids is 1. The Labute approximate surface area is 164 Å². The van der Waals surface area contributed by atoms with Gasteiger partial charge in [0.1, 0.15) is 17.1 Å². The maximum atomic E-state index is 12.5. The molecule has 0 unspecified atom stereocenters. The minimum atomic E-state index is -1.08. The van der Waals surface area contributed by atoms with Crippen LogP contribution in [-0.2, 0) is 14.4 Å². The molecule has 1 aliphatic heterocycles. The van der Waals surface area contributed by atoms with Gasteiger partial charge in [-0.1, -0.05) is 23.7 Å². The predicted octanol–water partition coefficient (Wildman–Crippen LogP) is 2.70. The summed E-state index contributed by atoms with van der Waals surface area (Å²) in [4.78, 5) is 36.5. The number of nitrogens with one attached hydrogen (secondary N) is 1. The summed E-state index contributed by atoms with van der Waals surface area (Å²) in [6.07, 6.45) is 0.986. The smallest absolute Gasteiger partial charge is 0.305 e. The molecule has 1 aliphatic rings. The fourth-order valence-electron chi connectivity index (χ4n) is 2.48. The fraction of sp³-hybridized carbons (Fsp3) is 0.111. The number of carbonyl (C=O) groups is 3. The molecule has 7 nitrogen and oxygen atoms in total. The summed E-state index contributed by atoms with van der Waals surface area (Å²) in [6, 6.07) is 10.4. The highest BCUT2D eigenvalue weighted by Crippen LogP contribution is 2.30. The van der Waals surface area contributed by atoms with E-state index in [-0.39, 0.29) is 29.4 Å². The van der Waals surface area contributed by atoms with E-state index in [0.29, 0.717) is 16.3 Å². The number of carboxylic acid groups (broad SMARTS) is 1. The van der Waals surface area contributed by atoms with E-state index in [1.165, 1.54) is 6.08 Å². The molecule has 2 heterocycles. The third-order valence-electron chi connectivity index (χ3n) is 3.79. The standard InChI is InChI=1S/C18H13ClN2O5S/c19-13-4-2-1-3-11(13)14-6-5-10(26-14)9-12-16(24)20-18(27)21(17(12)25)8-7-15(22)23/h1-6,9H,7-8H2,(H,22,23)(H,20,24,27). The molecule has 2 N–H and O–H groups in total. The van der Waals surface area contributed by atoms with E-state index in [4.69, 9.17) is 33.3 Å². The number of hydrogen-bond acceptors (Lipinski definition) is 5. The summed E-state index contributed by atoms with van der Waals surface area (Å²) in [5, 5.41) is 11.5. The lowest BCUT2D eigenvalue weighted by Gasteiger charge is -2.28. The van der Waals surface area contributed by atoms with Crippen LogP contribution < -0.4 is 5.32 Å². The van der Waals surface area contributed by atoms with Crippen molar-refractivity contribution < 1.29 is 23.9 Å². The van der Waals surface area contributed by atoms with E-state index in [1.807, 2.05) is 0 Å². The molecule has 9 heteroatoms. The maximum absolute atomic E-state index is 12.5. The Hall–Kier alpha value is -2.97. The van der Waals surface area contributed by atoms with Gasteiger partial charge in [-0.15, -0.1) is 0 Å². The molecule has 1 aromatic carbocycles. The number of benzene rings is 1. The fourth-order valence-corrected chi connectivity index (χ4v) is 2.98. The zero-order valence-corrected chi connectivity index (χ0v) is 15.3. The van der Waals surface area contributed by atoms with Crippen molar-refractivity contribution in [3.63, 3.8) is 0 Å². The Morgan fingerprint density at radius 2 is 2.00 bits per heavy atom. The predicted molar refractivity (Wildman–Crippen MR) is 102 cm³/mol. The lowest BCUT2D eigenvalue weighted by Crippen LogP contribution is -2.54. The lowest BCUT2D eigenvalue weighted by atomic mass is 10.1. The van der Waals surface area contributed by atoms with Gasteiger partial charge in [-0.05, 0) is 42.6 Å². The second-order valence-corrected chi connectivity index (χ2v) is 6.39. The average Bonchev–Trinajstić information content (AvgIpc) is 3.07. The molecular weight excluding hydrogens is 392 g/mol. The van der Waals surface area contributed by atoms with Crippen molar-refractivity contribution in [3.8, 4) is 11.3 Å². The zero-order chi connectivity index (χ0) is 19.6. The second kappa shape index (κ2) is 7.73. The third-order valence-corrected chi connectivity index (χ3v) is 4.44. The second-order valence-electron chi connectivity index (χ2n) is 5.60. The average molecular weight is 405 g/mol. The molecule has 1 fully saturated rings. The summed E-state index contributed by atoms with van der Waals surface area (Å²) >= 11 is 11.1. The van der Waals surface area contributed by atoms with Crippen LogP contribution in [0, 0.1) is 0 Å². The van der Waals surface area contributed by atoms with Crippen LogP contribution in [0.4, 0.5) is 0 Å². The molecule has 27 heavy (non-hydrogen) atoms. The monoisotopic (exact) mass is 404 g/mol. The molecule has 3 rings (SSSR count). The highest BCUT2D eigenvalue weighted by atomic mass is 35.5. The van der Waals surface area contributed by atoms with E-state index < -0.39 is 17.8 Å². The van der Waals surface area contributed by atoms with Crippen molar-refractivity contribution in [2.75, 3.05) is 6.54 Å². The van der Waals surface area contributed by atoms with Crippen molar-refractivity contribution in [3.05, 3.63) is 52.8 Å². The molecule has 0 spiro atoms. The highest BCUT2D eigenvalue weighted by molar-refractivity contribution is 7.80. The zero-order valence-electron chi connectivity index (χ0n) is 13.8. The molecule has 0 atom stereocenters. The van der Waals surface area contributed by atoms with Gasteiger partial charge in [0.05, 0.1) is 11.4 Å². The quantitative estimate of drug-likeness (QED) is 0.451. The lowest BCUT2D eigenvalue weighted by molar-refractivity contribution is -0.137. The van der Waals surface area contributed by atoms with Crippen LogP contribution in [-0.4, -0.2) is 39.4 Å². The number of thiocarbonyl (C=S) groups is 1. The molecular formula is C18H13ClN2O5S. The van der Waals surface area contributed by atoms with Crippen LogP contribution in [0.15, 0.2) is 46.4 Å². The van der Waals surface area contributed by atoms with Gasteiger partial charge in [-0.2, -0.15) is 0 Å². The largest absolute Gasteiger partial charge is 0.481 e. The first-order valence-corrected chi connectivity index (χ1v) is 8.61. The van der Waals surface area contributed by atoms with Gasteiger partial charge < -0.3 is 9.52 Å². The van der Waals surface area contributed by atoms with Crippen molar-refractivity contribution in [1.82, 2.24) is 10.2 Å². The Bertz CT molecular complexity index is 982. The number of furan rings is 1. The van der Waals surface area contributed by atoms with E-state index >= 15 is 0 Å². The van der Waals surface area contributed by atoms with Crippen LogP contribution in [0.3, 0.4) is 0 Å². The molecule has 0 radical (unpaired) electrons. The number of hydrogen-bond donors (Lipinski definition) is 2. The summed E-state index contributed by atoms with van der Waals surface area (Å²) < 4.78 is 5.67. The third kappa shape index (κ3) is 4.07. The SMILES string of the molecule is O=C(O)CCN1C(=O)C(=Cc2ccc(-c3ccccc3Cl)o2)C(=O)NC1=S. The highest BCUT2D eigenvalue weighted by Gasteiger charge is 2.33. The van der Waals surface area contributed by atoms with E-state index in [9.17, 15) is 14.4 Å². The number of halogens is 1. The van der Waals surface area contributed by atoms with E-state index in [2.05, 4.69) is 5.32 Å². The van der Waals surface area contributed by atoms with Crippen molar-refractivity contribution in [2.45, 2.75) is 6.42 Å². The van der Waals surface area contributed by atoms with Crippen LogP contribution in [0.1, 0.15) is 12.2 Å². The molecule has 0 bridgehead atoms. The van der Waals surface area contributed by atoms with Gasteiger partial charge in [0.15, 0.2) is 5.11 Å². The molecule has 1 saturated heterocycles. The van der Waals surface area contributed by atoms with Gasteiger partial charge in [-0.25, -0.2) is 0 Å². The number of carboxylic acids is 1. The Balaban J connectivity index is 1.88. The Kier molecular flexibility index (Phi) is 5.38. The number of amides is 2. The minimum Gasteiger partial charge on any atom is -0.481 e. The van der Waals surface area contributed by atoms with Crippen LogP contribution in [0.25, 0.3) is 17.4 Å². The van der Waals surface area contributed by atoms with Gasteiger partial charge in [0.25, 0.3) is 11.8 Å². The number of rotatable bonds is 5. The van der Waals surface area contributed by atoms with Gasteiger partial charge in [0, 0.05) is 12.1 Å². The summed E-state index contributed by atoms with van der Waals surface area (Å²) in [7, 11) is 0. The van der Waals surface area contributed by atoms with Crippen LogP contribution >= 0.6 is 23.8 Å². The van der Waals surface area contributed by atoms with E-state index in [0.717, 1.165) is 4.90 Å². The van der Waals surface area contributed by atoms with Gasteiger partial charge >= 0.3 is 5.97 Å². The number of nitrogens with zero attached hydrogens (tertiary/aromatic N) is 1. The van der Waals surface area contributed by atoms with Crippen LogP contribution in [0.2, 0.25) is 5.02 Å². The molecule has 0 aliphatic carbocycles. The minimum absolute atomic E-state index is 0.125. The summed E-state index contributed by atoms with van der Waals surface area (Å²) in [5.74, 6) is -1.68. The first-order chi connectivity index (χ1) is 12.9. The van der Waals surface area contributed by atoms with Gasteiger partial charge in [0.2, 0.25) is 0 Å². The Morgan fingerprint density at radius 1 is 1.26 bits per heavy atom. The summed E-state index contributed by atoms with van der Waals surface area (Å²) in [6.45, 7) is -0.145. The molecule has 0 saturated carbocycles. The Morgan fingerprint density at radius 3 is 2.70 bits per heavy atom. The van der Waals surface area contributed by atoms with Crippen molar-refractivity contribution in [2.24, 2.45) is 0 Å². The molecule has 138 valence electrons. The normalized spacial score (nSPS) is 16.0. The van der Waals surface area contributed by atoms with Gasteiger partial charge in [-0.3, -0.25) is 24.6 Å². The molecule has 2 amide bonds. The summed E-state index contributed by atoms with van der Waals surface area (Å²) in [5.41, 5.74) is 0.474. The molecule has 2 aromatic rings. The van der Waals surface area contributed by atoms with Crippen molar-refractivity contribution in [1.29, 1.82) is 0 Å². The van der Waals surface area contributed by atoms with Crippen molar-refractivity contribution >= 4 is 52.8 Å². The number of carbonyl (C=O) groups excluding carboxylic acids is 2. The maximum Gasteiger partial charge on any atom is 0.305 e. The van der Waals surface area contributed by atoms with E-state index in [1.54, 1.807) is 36.4 Å². The first kappa shape index (κ1) is 18.8. The van der Waals surface area contributed by atoms with Crippen LogP contribution in [0.5, 0.6) is 0 Å². The molecule has 1 aromatic heterocycles. The topological polar surface area (TPSA) is 99.8 Å². The first-order valence-electron chi connectivity index (χ1n) is 7.82.